The minimum Gasteiger partial charge on any atom is -0.494 e. The molecule has 0 heterocycles. The summed E-state index contributed by atoms with van der Waals surface area (Å²) in [7, 11) is 0. The minimum atomic E-state index is -0.995. The Morgan fingerprint density at radius 1 is 0.872 bits per heavy atom. The van der Waals surface area contributed by atoms with Gasteiger partial charge in [-0.05, 0) is 75.1 Å². The number of benzene rings is 1. The maximum absolute atomic E-state index is 12.3. The fraction of sp³-hybridized carbons (Fsp3) is 0.667. The second-order valence-electron chi connectivity index (χ2n) is 10.6. The van der Waals surface area contributed by atoms with Crippen molar-refractivity contribution in [3.05, 3.63) is 29.8 Å². The summed E-state index contributed by atoms with van der Waals surface area (Å²) in [6.45, 7) is 3.02. The minimum absolute atomic E-state index is 0.0970. The van der Waals surface area contributed by atoms with E-state index in [4.69, 9.17) is 14.9 Å². The zero-order valence-corrected chi connectivity index (χ0v) is 23.3. The van der Waals surface area contributed by atoms with E-state index in [1.165, 1.54) is 12.8 Å². The SMILES string of the molecule is CC[C@H](NC(=O)C1CCC(CNC(=O)CCCCCCCCCCOc2ccc(C(=O)O)cc2)CC1)C(=O)O. The molecule has 0 radical (unpaired) electrons. The van der Waals surface area contributed by atoms with Crippen LogP contribution in [0.4, 0.5) is 0 Å². The van der Waals surface area contributed by atoms with E-state index in [2.05, 4.69) is 10.6 Å². The summed E-state index contributed by atoms with van der Waals surface area (Å²) in [5, 5.41) is 23.7. The Morgan fingerprint density at radius 3 is 2.03 bits per heavy atom. The number of rotatable bonds is 19. The molecule has 0 aromatic heterocycles. The van der Waals surface area contributed by atoms with Crippen molar-refractivity contribution in [2.75, 3.05) is 13.2 Å². The fourth-order valence-electron chi connectivity index (χ4n) is 4.94. The fourth-order valence-corrected chi connectivity index (χ4v) is 4.94. The largest absolute Gasteiger partial charge is 0.494 e. The van der Waals surface area contributed by atoms with Crippen molar-refractivity contribution in [1.29, 1.82) is 0 Å². The van der Waals surface area contributed by atoms with Crippen LogP contribution in [0.25, 0.3) is 0 Å². The third-order valence-electron chi connectivity index (χ3n) is 7.50. The van der Waals surface area contributed by atoms with Gasteiger partial charge in [0.15, 0.2) is 0 Å². The summed E-state index contributed by atoms with van der Waals surface area (Å²) < 4.78 is 5.65. The second-order valence-corrected chi connectivity index (χ2v) is 10.6. The number of nitrogens with one attached hydrogen (secondary N) is 2. The molecule has 9 nitrogen and oxygen atoms in total. The van der Waals surface area contributed by atoms with Crippen LogP contribution in [0.3, 0.4) is 0 Å². The summed E-state index contributed by atoms with van der Waals surface area (Å²) >= 11 is 0. The highest BCUT2D eigenvalue weighted by atomic mass is 16.5. The van der Waals surface area contributed by atoms with E-state index < -0.39 is 18.0 Å². The lowest BCUT2D eigenvalue weighted by atomic mass is 9.81. The molecule has 2 rings (SSSR count). The Kier molecular flexibility index (Phi) is 15.0. The molecule has 1 aliphatic carbocycles. The Balaban J connectivity index is 1.40. The number of carboxylic acids is 2. The monoisotopic (exact) mass is 546 g/mol. The molecule has 4 N–H and O–H groups in total. The summed E-state index contributed by atoms with van der Waals surface area (Å²) in [5.41, 5.74) is 0.257. The molecular formula is C30H46N2O7. The lowest BCUT2D eigenvalue weighted by molar-refractivity contribution is -0.142. The van der Waals surface area contributed by atoms with Crippen LogP contribution >= 0.6 is 0 Å². The highest BCUT2D eigenvalue weighted by molar-refractivity contribution is 5.87. The molecule has 0 unspecified atom stereocenters. The van der Waals surface area contributed by atoms with Crippen LogP contribution in [-0.4, -0.2) is 53.2 Å². The molecule has 1 aromatic rings. The Hall–Kier alpha value is -3.10. The van der Waals surface area contributed by atoms with Crippen molar-refractivity contribution >= 4 is 23.8 Å². The lowest BCUT2D eigenvalue weighted by Gasteiger charge is -2.28. The molecule has 0 spiro atoms. The first-order valence-corrected chi connectivity index (χ1v) is 14.6. The average Bonchev–Trinajstić information content (AvgIpc) is 2.93. The molecule has 218 valence electrons. The van der Waals surface area contributed by atoms with E-state index >= 15 is 0 Å². The number of carbonyl (C=O) groups excluding carboxylic acids is 2. The van der Waals surface area contributed by atoms with E-state index in [1.54, 1.807) is 31.2 Å². The van der Waals surface area contributed by atoms with Gasteiger partial charge in [-0.1, -0.05) is 45.4 Å². The molecule has 2 amide bonds. The number of aliphatic carboxylic acids is 1. The van der Waals surface area contributed by atoms with Crippen molar-refractivity contribution in [1.82, 2.24) is 10.6 Å². The van der Waals surface area contributed by atoms with Gasteiger partial charge < -0.3 is 25.6 Å². The van der Waals surface area contributed by atoms with E-state index in [1.807, 2.05) is 0 Å². The summed E-state index contributed by atoms with van der Waals surface area (Å²) in [4.78, 5) is 46.5. The third kappa shape index (κ3) is 13.0. The van der Waals surface area contributed by atoms with Crippen molar-refractivity contribution in [2.24, 2.45) is 11.8 Å². The average molecular weight is 547 g/mol. The summed E-state index contributed by atoms with van der Waals surface area (Å²) in [5.74, 6) is -1.06. The molecule has 1 atom stereocenters. The maximum Gasteiger partial charge on any atom is 0.335 e. The number of hydrogen-bond acceptors (Lipinski definition) is 5. The normalized spacial score (nSPS) is 17.7. The molecule has 9 heteroatoms. The van der Waals surface area contributed by atoms with Crippen molar-refractivity contribution in [2.45, 2.75) is 103 Å². The van der Waals surface area contributed by atoms with Crippen LogP contribution in [0.5, 0.6) is 5.75 Å². The van der Waals surface area contributed by atoms with E-state index in [-0.39, 0.29) is 23.3 Å². The zero-order valence-electron chi connectivity index (χ0n) is 23.3. The first-order valence-electron chi connectivity index (χ1n) is 14.6. The first-order chi connectivity index (χ1) is 18.8. The van der Waals surface area contributed by atoms with Gasteiger partial charge in [0.1, 0.15) is 11.8 Å². The van der Waals surface area contributed by atoms with Gasteiger partial charge in [-0.15, -0.1) is 0 Å². The van der Waals surface area contributed by atoms with Gasteiger partial charge in [0.05, 0.1) is 12.2 Å². The number of hydrogen-bond donors (Lipinski definition) is 4. The molecule has 0 saturated heterocycles. The Morgan fingerprint density at radius 2 is 1.46 bits per heavy atom. The number of amides is 2. The van der Waals surface area contributed by atoms with Gasteiger partial charge in [-0.3, -0.25) is 9.59 Å². The smallest absolute Gasteiger partial charge is 0.335 e. The van der Waals surface area contributed by atoms with E-state index in [0.717, 1.165) is 64.2 Å². The lowest BCUT2D eigenvalue weighted by Crippen LogP contribution is -2.44. The van der Waals surface area contributed by atoms with Crippen molar-refractivity contribution in [3.8, 4) is 5.75 Å². The molecule has 1 aromatic carbocycles. The van der Waals surface area contributed by atoms with Crippen LogP contribution in [0.2, 0.25) is 0 Å². The second kappa shape index (κ2) is 18.2. The highest BCUT2D eigenvalue weighted by Gasteiger charge is 2.28. The molecule has 0 aliphatic heterocycles. The van der Waals surface area contributed by atoms with Crippen LogP contribution in [0, 0.1) is 11.8 Å². The number of carbonyl (C=O) groups is 4. The quantitative estimate of drug-likeness (QED) is 0.175. The first kappa shape index (κ1) is 32.1. The highest BCUT2D eigenvalue weighted by Crippen LogP contribution is 2.28. The summed E-state index contributed by atoms with van der Waals surface area (Å²) in [6.07, 6.45) is 12.8. The number of carboxylic acid groups (broad SMARTS) is 2. The van der Waals surface area contributed by atoms with Crippen LogP contribution in [-0.2, 0) is 14.4 Å². The molecule has 39 heavy (non-hydrogen) atoms. The topological polar surface area (TPSA) is 142 Å². The van der Waals surface area contributed by atoms with Crippen molar-refractivity contribution < 1.29 is 34.1 Å². The molecule has 0 bridgehead atoms. The third-order valence-corrected chi connectivity index (χ3v) is 7.50. The number of unbranched alkanes of at least 4 members (excludes halogenated alkanes) is 7. The van der Waals surface area contributed by atoms with Gasteiger partial charge >= 0.3 is 11.9 Å². The predicted octanol–water partition coefficient (Wildman–Crippen LogP) is 5.18. The predicted molar refractivity (Wildman–Crippen MR) is 149 cm³/mol. The van der Waals surface area contributed by atoms with Crippen LogP contribution in [0.1, 0.15) is 107 Å². The maximum atomic E-state index is 12.3. The van der Waals surface area contributed by atoms with Gasteiger partial charge in [0.2, 0.25) is 11.8 Å². The van der Waals surface area contributed by atoms with Gasteiger partial charge in [-0.2, -0.15) is 0 Å². The molecule has 1 saturated carbocycles. The van der Waals surface area contributed by atoms with Gasteiger partial charge in [0, 0.05) is 18.9 Å². The molecular weight excluding hydrogens is 500 g/mol. The van der Waals surface area contributed by atoms with Gasteiger partial charge in [0.25, 0.3) is 0 Å². The molecule has 1 fully saturated rings. The summed E-state index contributed by atoms with van der Waals surface area (Å²) in [6, 6.07) is 5.65. The van der Waals surface area contributed by atoms with E-state index in [9.17, 15) is 19.2 Å². The van der Waals surface area contributed by atoms with E-state index in [0.29, 0.717) is 37.7 Å². The van der Waals surface area contributed by atoms with Crippen LogP contribution in [0.15, 0.2) is 24.3 Å². The zero-order chi connectivity index (χ0) is 28.5. The number of aromatic carboxylic acids is 1. The standard InChI is InChI=1S/C30H46N2O7/c1-2-26(30(37)38)32-28(34)23-14-12-22(13-15-23)21-31-27(33)11-9-7-5-3-4-6-8-10-20-39-25-18-16-24(17-19-25)29(35)36/h16-19,22-23,26H,2-15,20-21H2,1H3,(H,31,33)(H,32,34)(H,35,36)(H,37,38)/t22?,23?,26-/m0/s1. The van der Waals surface area contributed by atoms with Gasteiger partial charge in [-0.25, -0.2) is 9.59 Å². The number of ether oxygens (including phenoxy) is 1. The van der Waals surface area contributed by atoms with Crippen molar-refractivity contribution in [3.63, 3.8) is 0 Å². The Bertz CT molecular complexity index is 895. The van der Waals surface area contributed by atoms with Crippen LogP contribution < -0.4 is 15.4 Å². The Labute approximate surface area is 232 Å². The molecule has 1 aliphatic rings.